The molecule has 0 saturated heterocycles. The van der Waals surface area contributed by atoms with Crippen LogP contribution in [0.5, 0.6) is 0 Å². The smallest absolute Gasteiger partial charge is 0.167 e. The minimum atomic E-state index is 0.403. The van der Waals surface area contributed by atoms with E-state index in [9.17, 15) is 5.26 Å². The molecule has 0 bridgehead atoms. The maximum absolute atomic E-state index is 9.53. The lowest BCUT2D eigenvalue weighted by molar-refractivity contribution is 0.276. The highest BCUT2D eigenvalue weighted by Gasteiger charge is 2.27. The fourth-order valence-electron chi connectivity index (χ4n) is 3.45. The molecule has 21 heavy (non-hydrogen) atoms. The standard InChI is InChI=1S/C17H26N4/c1-5-13-14(10-18)17(21-20-15(13)6-2)19-16-8-7-11(3)9-12(16)4/h11-12,16H,5-9H2,1-4H3,(H,19,21). The Bertz CT molecular complexity index is 532. The first-order valence-electron chi connectivity index (χ1n) is 8.15. The lowest BCUT2D eigenvalue weighted by Gasteiger charge is -2.33. The van der Waals surface area contributed by atoms with Crippen molar-refractivity contribution >= 4 is 5.82 Å². The van der Waals surface area contributed by atoms with E-state index < -0.39 is 0 Å². The molecule has 0 spiro atoms. The molecule has 4 heteroatoms. The number of hydrogen-bond acceptors (Lipinski definition) is 4. The van der Waals surface area contributed by atoms with Crippen LogP contribution in [0, 0.1) is 23.2 Å². The molecule has 1 aromatic heterocycles. The highest BCUT2D eigenvalue weighted by molar-refractivity contribution is 5.57. The first kappa shape index (κ1) is 15.8. The summed E-state index contributed by atoms with van der Waals surface area (Å²) in [4.78, 5) is 0. The number of nitriles is 1. The molecule has 1 aliphatic carbocycles. The molecule has 114 valence electrons. The van der Waals surface area contributed by atoms with Crippen molar-refractivity contribution < 1.29 is 0 Å². The third-order valence-corrected chi connectivity index (χ3v) is 4.71. The van der Waals surface area contributed by atoms with Crippen LogP contribution in [0.1, 0.15) is 63.8 Å². The SMILES string of the molecule is CCc1nnc(NC2CCC(C)CC2C)c(C#N)c1CC. The molecule has 1 N–H and O–H groups in total. The number of aromatic nitrogens is 2. The number of hydrogen-bond donors (Lipinski definition) is 1. The molecule has 0 aromatic carbocycles. The highest BCUT2D eigenvalue weighted by atomic mass is 15.2. The normalized spacial score (nSPS) is 25.4. The Morgan fingerprint density at radius 1 is 1.19 bits per heavy atom. The Morgan fingerprint density at radius 3 is 2.52 bits per heavy atom. The van der Waals surface area contributed by atoms with E-state index in [1.807, 2.05) is 0 Å². The van der Waals surface area contributed by atoms with Gasteiger partial charge < -0.3 is 5.32 Å². The minimum absolute atomic E-state index is 0.403. The summed E-state index contributed by atoms with van der Waals surface area (Å²) in [5.41, 5.74) is 2.69. The molecule has 3 unspecified atom stereocenters. The molecule has 3 atom stereocenters. The summed E-state index contributed by atoms with van der Waals surface area (Å²) in [6.45, 7) is 8.74. The van der Waals surface area contributed by atoms with Gasteiger partial charge in [-0.2, -0.15) is 10.4 Å². The zero-order valence-corrected chi connectivity index (χ0v) is 13.6. The first-order valence-corrected chi connectivity index (χ1v) is 8.15. The van der Waals surface area contributed by atoms with Gasteiger partial charge in [0, 0.05) is 6.04 Å². The Hall–Kier alpha value is -1.63. The van der Waals surface area contributed by atoms with E-state index >= 15 is 0 Å². The van der Waals surface area contributed by atoms with Crippen molar-refractivity contribution in [3.8, 4) is 6.07 Å². The zero-order valence-electron chi connectivity index (χ0n) is 13.6. The molecule has 1 aliphatic rings. The second kappa shape index (κ2) is 6.89. The second-order valence-corrected chi connectivity index (χ2v) is 6.31. The van der Waals surface area contributed by atoms with Gasteiger partial charge in [-0.1, -0.05) is 27.7 Å². The highest BCUT2D eigenvalue weighted by Crippen LogP contribution is 2.31. The predicted molar refractivity (Wildman–Crippen MR) is 85.1 cm³/mol. The predicted octanol–water partition coefficient (Wildman–Crippen LogP) is 3.71. The number of aryl methyl sites for hydroxylation is 1. The second-order valence-electron chi connectivity index (χ2n) is 6.31. The van der Waals surface area contributed by atoms with Crippen LogP contribution in [0.3, 0.4) is 0 Å². The summed E-state index contributed by atoms with van der Waals surface area (Å²) in [5.74, 6) is 2.09. The Balaban J connectivity index is 2.26. The van der Waals surface area contributed by atoms with Gasteiger partial charge in [-0.25, -0.2) is 0 Å². The summed E-state index contributed by atoms with van der Waals surface area (Å²) in [6, 6.07) is 2.74. The van der Waals surface area contributed by atoms with Crippen molar-refractivity contribution in [1.29, 1.82) is 5.26 Å². The van der Waals surface area contributed by atoms with Crippen molar-refractivity contribution in [2.45, 2.75) is 65.8 Å². The largest absolute Gasteiger partial charge is 0.364 e. The quantitative estimate of drug-likeness (QED) is 0.916. The van der Waals surface area contributed by atoms with E-state index in [0.29, 0.717) is 23.3 Å². The van der Waals surface area contributed by atoms with Gasteiger partial charge in [-0.15, -0.1) is 5.10 Å². The van der Waals surface area contributed by atoms with E-state index in [4.69, 9.17) is 0 Å². The van der Waals surface area contributed by atoms with Gasteiger partial charge in [0.2, 0.25) is 0 Å². The Labute approximate surface area is 128 Å². The Morgan fingerprint density at radius 2 is 1.95 bits per heavy atom. The number of anilines is 1. The van der Waals surface area contributed by atoms with Gasteiger partial charge in [0.25, 0.3) is 0 Å². The summed E-state index contributed by atoms with van der Waals surface area (Å²) < 4.78 is 0. The van der Waals surface area contributed by atoms with E-state index in [2.05, 4.69) is 49.3 Å². The summed E-state index contributed by atoms with van der Waals surface area (Å²) in [5, 5.41) is 21.6. The number of nitrogens with zero attached hydrogens (tertiary/aromatic N) is 3. The first-order chi connectivity index (χ1) is 10.1. The van der Waals surface area contributed by atoms with Crippen LogP contribution in [-0.4, -0.2) is 16.2 Å². The molecular weight excluding hydrogens is 260 g/mol. The topological polar surface area (TPSA) is 61.6 Å². The van der Waals surface area contributed by atoms with E-state index in [-0.39, 0.29) is 0 Å². The Kier molecular flexibility index (Phi) is 5.17. The molecule has 1 heterocycles. The zero-order chi connectivity index (χ0) is 15.4. The van der Waals surface area contributed by atoms with Gasteiger partial charge >= 0.3 is 0 Å². The molecule has 1 aromatic rings. The lowest BCUT2D eigenvalue weighted by atomic mass is 9.80. The summed E-state index contributed by atoms with van der Waals surface area (Å²) >= 11 is 0. The third-order valence-electron chi connectivity index (χ3n) is 4.71. The van der Waals surface area contributed by atoms with Gasteiger partial charge in [0.05, 0.1) is 5.69 Å². The van der Waals surface area contributed by atoms with Crippen molar-refractivity contribution in [3.63, 3.8) is 0 Å². The van der Waals surface area contributed by atoms with Gasteiger partial charge in [-0.05, 0) is 49.5 Å². The van der Waals surface area contributed by atoms with Crippen LogP contribution in [-0.2, 0) is 12.8 Å². The average Bonchev–Trinajstić information content (AvgIpc) is 2.49. The number of nitrogens with one attached hydrogen (secondary N) is 1. The fourth-order valence-corrected chi connectivity index (χ4v) is 3.45. The van der Waals surface area contributed by atoms with Crippen LogP contribution in [0.25, 0.3) is 0 Å². The molecule has 2 rings (SSSR count). The lowest BCUT2D eigenvalue weighted by Crippen LogP contribution is -2.33. The third kappa shape index (κ3) is 3.34. The van der Waals surface area contributed by atoms with Gasteiger partial charge in [0.15, 0.2) is 5.82 Å². The van der Waals surface area contributed by atoms with E-state index in [0.717, 1.165) is 36.4 Å². The summed E-state index contributed by atoms with van der Waals surface area (Å²) in [7, 11) is 0. The molecular formula is C17H26N4. The molecule has 0 amide bonds. The van der Waals surface area contributed by atoms with E-state index in [1.165, 1.54) is 12.8 Å². The minimum Gasteiger partial charge on any atom is -0.364 e. The molecule has 0 radical (unpaired) electrons. The molecule has 0 aliphatic heterocycles. The van der Waals surface area contributed by atoms with Crippen LogP contribution in [0.2, 0.25) is 0 Å². The van der Waals surface area contributed by atoms with Crippen molar-refractivity contribution in [2.75, 3.05) is 5.32 Å². The molecule has 1 fully saturated rings. The van der Waals surface area contributed by atoms with E-state index in [1.54, 1.807) is 0 Å². The number of rotatable bonds is 4. The van der Waals surface area contributed by atoms with Crippen LogP contribution >= 0.6 is 0 Å². The van der Waals surface area contributed by atoms with Gasteiger partial charge in [-0.3, -0.25) is 0 Å². The van der Waals surface area contributed by atoms with Crippen LogP contribution in [0.15, 0.2) is 0 Å². The monoisotopic (exact) mass is 286 g/mol. The van der Waals surface area contributed by atoms with Crippen molar-refractivity contribution in [3.05, 3.63) is 16.8 Å². The van der Waals surface area contributed by atoms with Crippen molar-refractivity contribution in [2.24, 2.45) is 11.8 Å². The maximum Gasteiger partial charge on any atom is 0.167 e. The fraction of sp³-hybridized carbons (Fsp3) is 0.706. The average molecular weight is 286 g/mol. The van der Waals surface area contributed by atoms with Crippen molar-refractivity contribution in [1.82, 2.24) is 10.2 Å². The maximum atomic E-state index is 9.53. The van der Waals surface area contributed by atoms with Crippen LogP contribution < -0.4 is 5.32 Å². The van der Waals surface area contributed by atoms with Crippen LogP contribution in [0.4, 0.5) is 5.82 Å². The molecule has 1 saturated carbocycles. The van der Waals surface area contributed by atoms with Gasteiger partial charge in [0.1, 0.15) is 11.6 Å². The molecule has 4 nitrogen and oxygen atoms in total. The summed E-state index contributed by atoms with van der Waals surface area (Å²) in [6.07, 6.45) is 5.27.